The van der Waals surface area contributed by atoms with E-state index in [1.807, 2.05) is 0 Å². The van der Waals surface area contributed by atoms with Crippen molar-refractivity contribution in [1.29, 1.82) is 0 Å². The highest BCUT2D eigenvalue weighted by Gasteiger charge is 1.92. The van der Waals surface area contributed by atoms with Gasteiger partial charge >= 0.3 is 0 Å². The Morgan fingerprint density at radius 1 is 1.25 bits per heavy atom. The first-order chi connectivity index (χ1) is 5.77. The standard InChI is InChI=1S/C10H23NO/c1-4-5-6-11-7-8-12-9-10(2)3/h10-11H,4-9H2,1-3H3. The van der Waals surface area contributed by atoms with Crippen LogP contribution in [-0.4, -0.2) is 26.3 Å². The van der Waals surface area contributed by atoms with Gasteiger partial charge in [-0.25, -0.2) is 0 Å². The van der Waals surface area contributed by atoms with Gasteiger partial charge in [-0.05, 0) is 18.9 Å². The highest BCUT2D eigenvalue weighted by atomic mass is 16.5. The van der Waals surface area contributed by atoms with Crippen LogP contribution in [0.5, 0.6) is 0 Å². The van der Waals surface area contributed by atoms with Gasteiger partial charge in [-0.3, -0.25) is 0 Å². The van der Waals surface area contributed by atoms with Crippen LogP contribution in [0.4, 0.5) is 0 Å². The number of hydrogen-bond acceptors (Lipinski definition) is 2. The van der Waals surface area contributed by atoms with E-state index in [0.717, 1.165) is 26.3 Å². The summed E-state index contributed by atoms with van der Waals surface area (Å²) in [5, 5.41) is 3.34. The minimum atomic E-state index is 0.653. The zero-order valence-corrected chi connectivity index (χ0v) is 8.73. The topological polar surface area (TPSA) is 21.3 Å². The average molecular weight is 173 g/mol. The summed E-state index contributed by atoms with van der Waals surface area (Å²) in [7, 11) is 0. The molecule has 0 spiro atoms. The van der Waals surface area contributed by atoms with Gasteiger partial charge in [0, 0.05) is 13.2 Å². The van der Waals surface area contributed by atoms with Crippen LogP contribution in [0.15, 0.2) is 0 Å². The second-order valence-electron chi connectivity index (χ2n) is 3.57. The summed E-state index contributed by atoms with van der Waals surface area (Å²) >= 11 is 0. The van der Waals surface area contributed by atoms with E-state index in [0.29, 0.717) is 5.92 Å². The van der Waals surface area contributed by atoms with Crippen molar-refractivity contribution < 1.29 is 4.74 Å². The number of ether oxygens (including phenoxy) is 1. The summed E-state index contributed by atoms with van der Waals surface area (Å²) < 4.78 is 5.41. The van der Waals surface area contributed by atoms with E-state index in [4.69, 9.17) is 4.74 Å². The zero-order valence-electron chi connectivity index (χ0n) is 8.73. The Hall–Kier alpha value is -0.0800. The number of hydrogen-bond donors (Lipinski definition) is 1. The fraction of sp³-hybridized carbons (Fsp3) is 1.00. The lowest BCUT2D eigenvalue weighted by molar-refractivity contribution is 0.112. The van der Waals surface area contributed by atoms with E-state index in [1.165, 1.54) is 12.8 Å². The molecule has 0 saturated heterocycles. The van der Waals surface area contributed by atoms with Crippen LogP contribution >= 0.6 is 0 Å². The van der Waals surface area contributed by atoms with Gasteiger partial charge in [0.2, 0.25) is 0 Å². The van der Waals surface area contributed by atoms with Crippen LogP contribution in [-0.2, 0) is 4.74 Å². The molecule has 0 fully saturated rings. The lowest BCUT2D eigenvalue weighted by Gasteiger charge is -2.07. The largest absolute Gasteiger partial charge is 0.380 e. The maximum atomic E-state index is 5.41. The number of nitrogens with one attached hydrogen (secondary N) is 1. The Balaban J connectivity index is 2.82. The molecule has 0 aliphatic heterocycles. The van der Waals surface area contributed by atoms with E-state index < -0.39 is 0 Å². The third-order valence-electron chi connectivity index (χ3n) is 1.58. The molecule has 12 heavy (non-hydrogen) atoms. The quantitative estimate of drug-likeness (QED) is 0.567. The molecular formula is C10H23NO. The summed E-state index contributed by atoms with van der Waals surface area (Å²) in [6, 6.07) is 0. The molecule has 0 rings (SSSR count). The van der Waals surface area contributed by atoms with Crippen molar-refractivity contribution in [3.05, 3.63) is 0 Å². The molecule has 0 aromatic carbocycles. The molecule has 2 nitrogen and oxygen atoms in total. The molecule has 0 heterocycles. The van der Waals surface area contributed by atoms with Gasteiger partial charge in [-0.1, -0.05) is 27.2 Å². The molecule has 2 heteroatoms. The second kappa shape index (κ2) is 9.01. The molecule has 1 N–H and O–H groups in total. The first-order valence-corrected chi connectivity index (χ1v) is 5.05. The van der Waals surface area contributed by atoms with Crippen molar-refractivity contribution in [2.24, 2.45) is 5.92 Å². The Kier molecular flexibility index (Phi) is 8.95. The molecular weight excluding hydrogens is 150 g/mol. The summed E-state index contributed by atoms with van der Waals surface area (Å²) in [6.45, 7) is 10.4. The Morgan fingerprint density at radius 2 is 2.00 bits per heavy atom. The van der Waals surface area contributed by atoms with Gasteiger partial charge in [0.05, 0.1) is 6.61 Å². The molecule has 74 valence electrons. The van der Waals surface area contributed by atoms with Crippen molar-refractivity contribution in [3.8, 4) is 0 Å². The highest BCUT2D eigenvalue weighted by Crippen LogP contribution is 1.91. The van der Waals surface area contributed by atoms with Gasteiger partial charge < -0.3 is 10.1 Å². The third kappa shape index (κ3) is 9.92. The zero-order chi connectivity index (χ0) is 9.23. The molecule has 0 bridgehead atoms. The van der Waals surface area contributed by atoms with Crippen LogP contribution in [0.3, 0.4) is 0 Å². The first-order valence-electron chi connectivity index (χ1n) is 5.05. The molecule has 0 atom stereocenters. The molecule has 0 radical (unpaired) electrons. The van der Waals surface area contributed by atoms with Crippen LogP contribution in [0.2, 0.25) is 0 Å². The Bertz CT molecular complexity index is 83.9. The molecule has 0 aliphatic carbocycles. The minimum Gasteiger partial charge on any atom is -0.380 e. The lowest BCUT2D eigenvalue weighted by Crippen LogP contribution is -2.21. The fourth-order valence-corrected chi connectivity index (χ4v) is 0.890. The van der Waals surface area contributed by atoms with Crippen molar-refractivity contribution in [1.82, 2.24) is 5.32 Å². The summed E-state index contributed by atoms with van der Waals surface area (Å²) in [5.74, 6) is 0.653. The normalized spacial score (nSPS) is 11.0. The van der Waals surface area contributed by atoms with Gasteiger partial charge in [-0.15, -0.1) is 0 Å². The minimum absolute atomic E-state index is 0.653. The fourth-order valence-electron chi connectivity index (χ4n) is 0.890. The predicted molar refractivity (Wildman–Crippen MR) is 53.4 cm³/mol. The highest BCUT2D eigenvalue weighted by molar-refractivity contribution is 4.46. The van der Waals surface area contributed by atoms with Crippen LogP contribution in [0.1, 0.15) is 33.6 Å². The second-order valence-corrected chi connectivity index (χ2v) is 3.57. The number of unbranched alkanes of at least 4 members (excludes halogenated alkanes) is 1. The molecule has 0 amide bonds. The SMILES string of the molecule is CCCCNCCOCC(C)C. The molecule has 0 aromatic rings. The van der Waals surface area contributed by atoms with Gasteiger partial charge in [0.15, 0.2) is 0 Å². The Morgan fingerprint density at radius 3 is 2.58 bits per heavy atom. The van der Waals surface area contributed by atoms with Crippen LogP contribution < -0.4 is 5.32 Å². The third-order valence-corrected chi connectivity index (χ3v) is 1.58. The van der Waals surface area contributed by atoms with Gasteiger partial charge in [0.1, 0.15) is 0 Å². The van der Waals surface area contributed by atoms with E-state index >= 15 is 0 Å². The summed E-state index contributed by atoms with van der Waals surface area (Å²) in [5.41, 5.74) is 0. The van der Waals surface area contributed by atoms with Crippen LogP contribution in [0, 0.1) is 5.92 Å². The van der Waals surface area contributed by atoms with Crippen molar-refractivity contribution in [2.75, 3.05) is 26.3 Å². The smallest absolute Gasteiger partial charge is 0.0591 e. The van der Waals surface area contributed by atoms with Crippen molar-refractivity contribution in [2.45, 2.75) is 33.6 Å². The number of rotatable bonds is 8. The van der Waals surface area contributed by atoms with Gasteiger partial charge in [-0.2, -0.15) is 0 Å². The maximum Gasteiger partial charge on any atom is 0.0591 e. The van der Waals surface area contributed by atoms with E-state index in [9.17, 15) is 0 Å². The van der Waals surface area contributed by atoms with Crippen LogP contribution in [0.25, 0.3) is 0 Å². The van der Waals surface area contributed by atoms with E-state index in [-0.39, 0.29) is 0 Å². The lowest BCUT2D eigenvalue weighted by atomic mass is 10.2. The Labute approximate surface area is 76.7 Å². The average Bonchev–Trinajstić information content (AvgIpc) is 2.02. The molecule has 0 unspecified atom stereocenters. The monoisotopic (exact) mass is 173 g/mol. The summed E-state index contributed by atoms with van der Waals surface area (Å²) in [6.07, 6.45) is 2.53. The maximum absolute atomic E-state index is 5.41. The molecule has 0 aliphatic rings. The van der Waals surface area contributed by atoms with Crippen molar-refractivity contribution >= 4 is 0 Å². The van der Waals surface area contributed by atoms with E-state index in [2.05, 4.69) is 26.1 Å². The molecule has 0 aromatic heterocycles. The summed E-state index contributed by atoms with van der Waals surface area (Å²) in [4.78, 5) is 0. The molecule has 0 saturated carbocycles. The van der Waals surface area contributed by atoms with Crippen molar-refractivity contribution in [3.63, 3.8) is 0 Å². The predicted octanol–water partition coefficient (Wildman–Crippen LogP) is 2.05. The van der Waals surface area contributed by atoms with Gasteiger partial charge in [0.25, 0.3) is 0 Å². The first kappa shape index (κ1) is 11.9. The van der Waals surface area contributed by atoms with E-state index in [1.54, 1.807) is 0 Å².